The number of carbonyl (C=O) groups excluding carboxylic acids is 1. The van der Waals surface area contributed by atoms with Crippen LogP contribution in [0.25, 0.3) is 0 Å². The standard InChI is InChI=1S/C18H20ClNO3/c1-11-5-8-17(22-4)16(9-11)20-18(21)13(3)23-14-6-7-15(19)12(2)10-14/h5-10,13H,1-4H3,(H,20,21)/t13-/m0/s1. The lowest BCUT2D eigenvalue weighted by Gasteiger charge is -2.17. The topological polar surface area (TPSA) is 47.6 Å². The maximum absolute atomic E-state index is 12.3. The third-order valence-corrected chi connectivity index (χ3v) is 3.85. The Morgan fingerprint density at radius 3 is 2.57 bits per heavy atom. The van der Waals surface area contributed by atoms with E-state index in [4.69, 9.17) is 21.1 Å². The van der Waals surface area contributed by atoms with Gasteiger partial charge in [-0.15, -0.1) is 0 Å². The molecule has 0 radical (unpaired) electrons. The molecule has 0 aliphatic carbocycles. The molecule has 0 heterocycles. The van der Waals surface area contributed by atoms with Crippen LogP contribution in [0.3, 0.4) is 0 Å². The molecule has 122 valence electrons. The summed E-state index contributed by atoms with van der Waals surface area (Å²) in [5.74, 6) is 0.964. The zero-order chi connectivity index (χ0) is 17.0. The molecule has 2 aromatic rings. The van der Waals surface area contributed by atoms with Crippen LogP contribution in [0.15, 0.2) is 36.4 Å². The molecule has 0 aliphatic rings. The van der Waals surface area contributed by atoms with Gasteiger partial charge in [0.25, 0.3) is 5.91 Å². The Balaban J connectivity index is 2.08. The summed E-state index contributed by atoms with van der Waals surface area (Å²) in [5, 5.41) is 3.50. The molecule has 0 saturated heterocycles. The van der Waals surface area contributed by atoms with Gasteiger partial charge in [0, 0.05) is 5.02 Å². The molecule has 1 atom stereocenters. The predicted octanol–water partition coefficient (Wildman–Crippen LogP) is 4.37. The number of ether oxygens (including phenoxy) is 2. The number of amides is 1. The van der Waals surface area contributed by atoms with E-state index in [2.05, 4.69) is 5.32 Å². The van der Waals surface area contributed by atoms with E-state index >= 15 is 0 Å². The first-order valence-corrected chi connectivity index (χ1v) is 7.67. The molecule has 1 amide bonds. The molecule has 0 aliphatic heterocycles. The van der Waals surface area contributed by atoms with Crippen molar-refractivity contribution in [2.45, 2.75) is 26.9 Å². The Hall–Kier alpha value is -2.20. The van der Waals surface area contributed by atoms with E-state index in [1.807, 2.05) is 32.0 Å². The molecule has 1 N–H and O–H groups in total. The molecule has 4 nitrogen and oxygen atoms in total. The van der Waals surface area contributed by atoms with E-state index < -0.39 is 6.10 Å². The first kappa shape index (κ1) is 17.2. The molecule has 0 bridgehead atoms. The minimum atomic E-state index is -0.652. The number of aryl methyl sites for hydroxylation is 2. The number of halogens is 1. The fraction of sp³-hybridized carbons (Fsp3) is 0.278. The molecular formula is C18H20ClNO3. The summed E-state index contributed by atoms with van der Waals surface area (Å²) in [7, 11) is 1.57. The van der Waals surface area contributed by atoms with Crippen molar-refractivity contribution in [3.8, 4) is 11.5 Å². The van der Waals surface area contributed by atoms with Gasteiger partial charge in [-0.25, -0.2) is 0 Å². The summed E-state index contributed by atoms with van der Waals surface area (Å²) < 4.78 is 10.9. The minimum absolute atomic E-state index is 0.249. The summed E-state index contributed by atoms with van der Waals surface area (Å²) in [6.07, 6.45) is -0.652. The highest BCUT2D eigenvalue weighted by Gasteiger charge is 2.17. The van der Waals surface area contributed by atoms with Crippen molar-refractivity contribution in [1.29, 1.82) is 0 Å². The van der Waals surface area contributed by atoms with Gasteiger partial charge in [-0.05, 0) is 62.2 Å². The zero-order valence-corrected chi connectivity index (χ0v) is 14.4. The molecule has 2 aromatic carbocycles. The maximum Gasteiger partial charge on any atom is 0.265 e. The predicted molar refractivity (Wildman–Crippen MR) is 92.6 cm³/mol. The molecule has 0 fully saturated rings. The molecule has 23 heavy (non-hydrogen) atoms. The van der Waals surface area contributed by atoms with Gasteiger partial charge in [-0.3, -0.25) is 4.79 Å². The maximum atomic E-state index is 12.3. The quantitative estimate of drug-likeness (QED) is 0.883. The van der Waals surface area contributed by atoms with E-state index in [-0.39, 0.29) is 5.91 Å². The summed E-state index contributed by atoms with van der Waals surface area (Å²) in [6.45, 7) is 5.53. The van der Waals surface area contributed by atoms with Gasteiger partial charge in [0.1, 0.15) is 11.5 Å². The van der Waals surface area contributed by atoms with Crippen LogP contribution in [0, 0.1) is 13.8 Å². The first-order valence-electron chi connectivity index (χ1n) is 7.29. The van der Waals surface area contributed by atoms with Crippen LogP contribution in [0.1, 0.15) is 18.1 Å². The first-order chi connectivity index (χ1) is 10.9. The van der Waals surface area contributed by atoms with Gasteiger partial charge in [0.2, 0.25) is 0 Å². The fourth-order valence-corrected chi connectivity index (χ4v) is 2.22. The Morgan fingerprint density at radius 1 is 1.17 bits per heavy atom. The van der Waals surface area contributed by atoms with E-state index in [0.29, 0.717) is 22.2 Å². The highest BCUT2D eigenvalue weighted by Crippen LogP contribution is 2.26. The van der Waals surface area contributed by atoms with E-state index in [9.17, 15) is 4.79 Å². The number of nitrogens with one attached hydrogen (secondary N) is 1. The molecule has 0 saturated carbocycles. The van der Waals surface area contributed by atoms with Gasteiger partial charge >= 0.3 is 0 Å². The third kappa shape index (κ3) is 4.39. The largest absolute Gasteiger partial charge is 0.495 e. The van der Waals surface area contributed by atoms with Crippen molar-refractivity contribution < 1.29 is 14.3 Å². The van der Waals surface area contributed by atoms with Crippen LogP contribution in [-0.4, -0.2) is 19.1 Å². The van der Waals surface area contributed by atoms with Crippen LogP contribution in [0.2, 0.25) is 5.02 Å². The Labute approximate surface area is 141 Å². The van der Waals surface area contributed by atoms with Gasteiger partial charge in [-0.1, -0.05) is 17.7 Å². The number of rotatable bonds is 5. The fourth-order valence-electron chi connectivity index (χ4n) is 2.10. The summed E-state index contributed by atoms with van der Waals surface area (Å²) in [6, 6.07) is 10.9. The van der Waals surface area contributed by atoms with Crippen molar-refractivity contribution in [2.24, 2.45) is 0 Å². The van der Waals surface area contributed by atoms with Crippen LogP contribution in [0.4, 0.5) is 5.69 Å². The van der Waals surface area contributed by atoms with E-state index in [0.717, 1.165) is 11.1 Å². The van der Waals surface area contributed by atoms with Gasteiger partial charge in [0.05, 0.1) is 12.8 Å². The molecule has 0 spiro atoms. The van der Waals surface area contributed by atoms with Gasteiger partial charge < -0.3 is 14.8 Å². The highest BCUT2D eigenvalue weighted by molar-refractivity contribution is 6.31. The van der Waals surface area contributed by atoms with Crippen molar-refractivity contribution in [1.82, 2.24) is 0 Å². The monoisotopic (exact) mass is 333 g/mol. The van der Waals surface area contributed by atoms with Gasteiger partial charge in [0.15, 0.2) is 6.10 Å². The molecule has 0 aromatic heterocycles. The second-order valence-corrected chi connectivity index (χ2v) is 5.77. The van der Waals surface area contributed by atoms with Crippen molar-refractivity contribution >= 4 is 23.2 Å². The Bertz CT molecular complexity index is 715. The van der Waals surface area contributed by atoms with Crippen LogP contribution in [0.5, 0.6) is 11.5 Å². The van der Waals surface area contributed by atoms with Crippen LogP contribution >= 0.6 is 11.6 Å². The Morgan fingerprint density at radius 2 is 1.91 bits per heavy atom. The SMILES string of the molecule is COc1ccc(C)cc1NC(=O)[C@H](C)Oc1ccc(Cl)c(C)c1. The van der Waals surface area contributed by atoms with Crippen molar-refractivity contribution in [3.05, 3.63) is 52.5 Å². The average Bonchev–Trinajstić information content (AvgIpc) is 2.51. The van der Waals surface area contributed by atoms with Crippen LogP contribution in [-0.2, 0) is 4.79 Å². The summed E-state index contributed by atoms with van der Waals surface area (Å²) >= 11 is 5.99. The third-order valence-electron chi connectivity index (χ3n) is 3.42. The number of anilines is 1. The molecule has 2 rings (SSSR count). The number of carbonyl (C=O) groups is 1. The van der Waals surface area contributed by atoms with Gasteiger partial charge in [-0.2, -0.15) is 0 Å². The molecular weight excluding hydrogens is 314 g/mol. The zero-order valence-electron chi connectivity index (χ0n) is 13.6. The second kappa shape index (κ2) is 7.38. The van der Waals surface area contributed by atoms with Crippen molar-refractivity contribution in [2.75, 3.05) is 12.4 Å². The van der Waals surface area contributed by atoms with E-state index in [1.54, 1.807) is 32.2 Å². The number of hydrogen-bond donors (Lipinski definition) is 1. The number of methoxy groups -OCH3 is 1. The van der Waals surface area contributed by atoms with Crippen LogP contribution < -0.4 is 14.8 Å². The smallest absolute Gasteiger partial charge is 0.265 e. The lowest BCUT2D eigenvalue weighted by atomic mass is 10.2. The molecule has 5 heteroatoms. The number of hydrogen-bond acceptors (Lipinski definition) is 3. The van der Waals surface area contributed by atoms with Crippen molar-refractivity contribution in [3.63, 3.8) is 0 Å². The lowest BCUT2D eigenvalue weighted by molar-refractivity contribution is -0.122. The summed E-state index contributed by atoms with van der Waals surface area (Å²) in [5.41, 5.74) is 2.56. The Kier molecular flexibility index (Phi) is 5.50. The minimum Gasteiger partial charge on any atom is -0.495 e. The molecule has 0 unspecified atom stereocenters. The number of benzene rings is 2. The lowest BCUT2D eigenvalue weighted by Crippen LogP contribution is -2.30. The second-order valence-electron chi connectivity index (χ2n) is 5.36. The normalized spacial score (nSPS) is 11.7. The van der Waals surface area contributed by atoms with E-state index in [1.165, 1.54) is 0 Å². The summed E-state index contributed by atoms with van der Waals surface area (Å²) in [4.78, 5) is 12.3. The average molecular weight is 334 g/mol. The highest BCUT2D eigenvalue weighted by atomic mass is 35.5.